The predicted octanol–water partition coefficient (Wildman–Crippen LogP) is 1.76. The van der Waals surface area contributed by atoms with Crippen molar-refractivity contribution in [2.75, 3.05) is 25.5 Å². The summed E-state index contributed by atoms with van der Waals surface area (Å²) in [5.41, 5.74) is 13.5. The number of nitrogens with one attached hydrogen (secondary N) is 4. The quantitative estimate of drug-likeness (QED) is 0.263. The van der Waals surface area contributed by atoms with E-state index in [-0.39, 0.29) is 11.4 Å². The Morgan fingerprint density at radius 3 is 2.63 bits per heavy atom. The zero-order valence-corrected chi connectivity index (χ0v) is 18.0. The van der Waals surface area contributed by atoms with Crippen molar-refractivity contribution in [3.05, 3.63) is 65.2 Å². The fraction of sp³-hybridized carbons (Fsp3) is 0.364. The zero-order chi connectivity index (χ0) is 21.4. The first-order valence-corrected chi connectivity index (χ1v) is 10.6. The Morgan fingerprint density at radius 2 is 1.93 bits per heavy atom. The molecule has 0 bridgehead atoms. The number of halogens is 1. The number of hydrazine groups is 2. The van der Waals surface area contributed by atoms with Crippen LogP contribution in [0, 0.1) is 0 Å². The maximum atomic E-state index is 13.0. The number of nitrogens with two attached hydrogens (primary N) is 1. The van der Waals surface area contributed by atoms with Crippen LogP contribution in [0.15, 0.2) is 54.6 Å². The van der Waals surface area contributed by atoms with E-state index in [1.54, 1.807) is 19.2 Å². The van der Waals surface area contributed by atoms with E-state index >= 15 is 0 Å². The molecule has 0 aliphatic carbocycles. The largest absolute Gasteiger partial charge is 0.324 e. The van der Waals surface area contributed by atoms with E-state index in [4.69, 9.17) is 17.3 Å². The van der Waals surface area contributed by atoms with Gasteiger partial charge in [0, 0.05) is 36.3 Å². The smallest absolute Gasteiger partial charge is 0.321 e. The number of amidine groups is 1. The third-order valence-electron chi connectivity index (χ3n) is 5.57. The van der Waals surface area contributed by atoms with Gasteiger partial charge in [0.1, 0.15) is 0 Å². The molecule has 1 saturated heterocycles. The van der Waals surface area contributed by atoms with Gasteiger partial charge in [-0.25, -0.2) is 10.2 Å². The Balaban J connectivity index is 1.76. The van der Waals surface area contributed by atoms with Gasteiger partial charge < -0.3 is 10.2 Å². The summed E-state index contributed by atoms with van der Waals surface area (Å²) in [7, 11) is 1.77. The summed E-state index contributed by atoms with van der Waals surface area (Å²) in [5, 5.41) is 6.57. The minimum atomic E-state index is -0.150. The highest BCUT2D eigenvalue weighted by molar-refractivity contribution is 6.30. The molecule has 2 amide bonds. The summed E-state index contributed by atoms with van der Waals surface area (Å²) in [6, 6.07) is 17.5. The Bertz CT molecular complexity index is 858. The van der Waals surface area contributed by atoms with Gasteiger partial charge in [0.2, 0.25) is 0 Å². The highest BCUT2D eigenvalue weighted by atomic mass is 35.5. The molecule has 3 rings (SSSR count). The second kappa shape index (κ2) is 10.3. The van der Waals surface area contributed by atoms with E-state index < -0.39 is 0 Å². The van der Waals surface area contributed by atoms with E-state index in [2.05, 4.69) is 45.6 Å². The molecule has 2 aromatic rings. The predicted molar refractivity (Wildman–Crippen MR) is 121 cm³/mol. The molecule has 0 radical (unpaired) electrons. The monoisotopic (exact) mass is 429 g/mol. The number of anilines is 1. The van der Waals surface area contributed by atoms with E-state index in [0.29, 0.717) is 23.8 Å². The second-order valence-electron chi connectivity index (χ2n) is 7.63. The van der Waals surface area contributed by atoms with Crippen molar-refractivity contribution in [3.63, 3.8) is 0 Å². The van der Waals surface area contributed by atoms with Crippen LogP contribution in [-0.4, -0.2) is 36.9 Å². The minimum absolute atomic E-state index is 0.0933. The number of piperidine rings is 1. The van der Waals surface area contributed by atoms with Crippen LogP contribution < -0.4 is 27.1 Å². The molecule has 1 unspecified atom stereocenters. The number of hydrazone groups is 1. The molecular weight excluding hydrogens is 400 g/mol. The number of hydrogen-bond acceptors (Lipinski definition) is 3. The standard InChI is InChI=1S/C22H29ClN6O/c1-25-28-27-20(24)12-14-22(17-6-3-2-4-7-17)13-5-15-29(16-22)21(30)26-19-10-8-18(23)9-11-19/h2-4,6-11,25,28H,5,12-16H2,1H3,(H2,24,27)(H,26,30)/p+1. The van der Waals surface area contributed by atoms with Crippen molar-refractivity contribution in [2.45, 2.75) is 31.1 Å². The minimum Gasteiger partial charge on any atom is -0.324 e. The van der Waals surface area contributed by atoms with Gasteiger partial charge in [0.15, 0.2) is 0 Å². The summed E-state index contributed by atoms with van der Waals surface area (Å²) >= 11 is 5.95. The van der Waals surface area contributed by atoms with Gasteiger partial charge in [-0.05, 0) is 49.1 Å². The first-order chi connectivity index (χ1) is 14.5. The number of rotatable bonds is 7. The molecule has 1 atom stereocenters. The van der Waals surface area contributed by atoms with E-state index in [1.165, 1.54) is 5.56 Å². The first-order valence-electron chi connectivity index (χ1n) is 10.2. The van der Waals surface area contributed by atoms with Crippen molar-refractivity contribution < 1.29 is 9.90 Å². The van der Waals surface area contributed by atoms with Crippen LogP contribution >= 0.6 is 11.6 Å². The zero-order valence-electron chi connectivity index (χ0n) is 17.2. The third kappa shape index (κ3) is 5.64. The van der Waals surface area contributed by atoms with Gasteiger partial charge >= 0.3 is 6.03 Å². The lowest BCUT2D eigenvalue weighted by atomic mass is 9.71. The highest BCUT2D eigenvalue weighted by Crippen LogP contribution is 2.38. The average molecular weight is 430 g/mol. The number of carbonyl (C=O) groups excluding carboxylic acids is 1. The van der Waals surface area contributed by atoms with Crippen LogP contribution in [0.25, 0.3) is 0 Å². The lowest BCUT2D eigenvalue weighted by molar-refractivity contribution is -0.539. The Kier molecular flexibility index (Phi) is 7.54. The molecule has 0 aromatic heterocycles. The van der Waals surface area contributed by atoms with Crippen molar-refractivity contribution in [1.82, 2.24) is 15.9 Å². The van der Waals surface area contributed by atoms with Gasteiger partial charge in [-0.2, -0.15) is 10.6 Å². The number of benzene rings is 2. The third-order valence-corrected chi connectivity index (χ3v) is 5.82. The number of urea groups is 1. The van der Waals surface area contributed by atoms with Crippen molar-refractivity contribution in [1.29, 1.82) is 0 Å². The fourth-order valence-electron chi connectivity index (χ4n) is 4.00. The number of amides is 2. The summed E-state index contributed by atoms with van der Waals surface area (Å²) in [5.74, 6) is 0.655. The van der Waals surface area contributed by atoms with E-state index in [1.807, 2.05) is 23.1 Å². The fourth-order valence-corrected chi connectivity index (χ4v) is 4.12. The van der Waals surface area contributed by atoms with Crippen LogP contribution in [0.2, 0.25) is 5.02 Å². The maximum absolute atomic E-state index is 13.0. The normalized spacial score (nSPS) is 19.4. The average Bonchev–Trinajstić information content (AvgIpc) is 2.78. The molecule has 30 heavy (non-hydrogen) atoms. The van der Waals surface area contributed by atoms with Gasteiger partial charge in [-0.15, -0.1) is 0 Å². The summed E-state index contributed by atoms with van der Waals surface area (Å²) in [6.45, 7) is 1.37. The van der Waals surface area contributed by atoms with Crippen LogP contribution in [0.5, 0.6) is 0 Å². The van der Waals surface area contributed by atoms with Crippen molar-refractivity contribution in [2.24, 2.45) is 5.73 Å². The second-order valence-corrected chi connectivity index (χ2v) is 8.07. The van der Waals surface area contributed by atoms with E-state index in [0.717, 1.165) is 31.5 Å². The first kappa shape index (κ1) is 21.9. The lowest BCUT2D eigenvalue weighted by Crippen LogP contribution is -2.87. The molecule has 1 aliphatic heterocycles. The molecule has 8 heteroatoms. The van der Waals surface area contributed by atoms with E-state index in [9.17, 15) is 4.79 Å². The molecule has 160 valence electrons. The van der Waals surface area contributed by atoms with Gasteiger partial charge in [-0.3, -0.25) is 5.73 Å². The van der Waals surface area contributed by atoms with Crippen LogP contribution in [-0.2, 0) is 5.41 Å². The Morgan fingerprint density at radius 1 is 1.20 bits per heavy atom. The van der Waals surface area contributed by atoms with Gasteiger partial charge in [0.05, 0.1) is 6.42 Å². The molecule has 0 spiro atoms. The van der Waals surface area contributed by atoms with Gasteiger partial charge in [-0.1, -0.05) is 41.9 Å². The van der Waals surface area contributed by atoms with Crippen LogP contribution in [0.1, 0.15) is 31.2 Å². The maximum Gasteiger partial charge on any atom is 0.321 e. The number of likely N-dealkylation sites (tertiary alicyclic amines) is 1. The Labute approximate surface area is 182 Å². The summed E-state index contributed by atoms with van der Waals surface area (Å²) < 4.78 is 0. The number of hydrogen-bond donors (Lipinski definition) is 5. The SMILES string of the molecule is CNN/[NH+]=C(\N)CCC1(c2ccccc2)CCCN(C(=O)Nc2ccc(Cl)cc2)C1. The topological polar surface area (TPSA) is 96.4 Å². The number of carbonyl (C=O) groups is 1. The van der Waals surface area contributed by atoms with Crippen LogP contribution in [0.4, 0.5) is 10.5 Å². The van der Waals surface area contributed by atoms with Crippen molar-refractivity contribution >= 4 is 29.2 Å². The molecule has 1 fully saturated rings. The molecule has 1 aliphatic rings. The Hall–Kier alpha value is -2.77. The highest BCUT2D eigenvalue weighted by Gasteiger charge is 2.39. The lowest BCUT2D eigenvalue weighted by Gasteiger charge is -2.43. The molecule has 7 nitrogen and oxygen atoms in total. The van der Waals surface area contributed by atoms with Crippen LogP contribution in [0.3, 0.4) is 0 Å². The molecule has 1 heterocycles. The summed E-state index contributed by atoms with van der Waals surface area (Å²) in [4.78, 5) is 14.9. The van der Waals surface area contributed by atoms with Gasteiger partial charge in [0.25, 0.3) is 5.84 Å². The molecular formula is C22H30ClN6O+. The molecule has 6 N–H and O–H groups in total. The van der Waals surface area contributed by atoms with Crippen molar-refractivity contribution in [3.8, 4) is 0 Å². The number of nitrogens with zero attached hydrogens (tertiary/aromatic N) is 1. The molecule has 2 aromatic carbocycles. The molecule has 0 saturated carbocycles. The summed E-state index contributed by atoms with van der Waals surface area (Å²) in [6.07, 6.45) is 3.47.